The molecule has 154 valence electrons. The van der Waals surface area contributed by atoms with Crippen LogP contribution in [-0.2, 0) is 10.0 Å². The normalized spacial score (nSPS) is 18.3. The van der Waals surface area contributed by atoms with Crippen LogP contribution in [0.2, 0.25) is 0 Å². The van der Waals surface area contributed by atoms with Crippen LogP contribution < -0.4 is 4.74 Å². The minimum Gasteiger partial charge on any atom is -0.471 e. The Balaban J connectivity index is 1.35. The van der Waals surface area contributed by atoms with Gasteiger partial charge in [0.2, 0.25) is 15.9 Å². The molecule has 0 N–H and O–H groups in total. The zero-order valence-electron chi connectivity index (χ0n) is 16.5. The summed E-state index contributed by atoms with van der Waals surface area (Å²) in [6.07, 6.45) is 2.78. The zero-order chi connectivity index (χ0) is 20.4. The average Bonchev–Trinajstić information content (AvgIpc) is 2.71. The lowest BCUT2D eigenvalue weighted by atomic mass is 10.1. The highest BCUT2D eigenvalue weighted by Gasteiger charge is 2.33. The van der Waals surface area contributed by atoms with Gasteiger partial charge in [0, 0.05) is 30.4 Å². The number of benzene rings is 1. The van der Waals surface area contributed by atoms with E-state index in [0.717, 1.165) is 25.0 Å². The summed E-state index contributed by atoms with van der Waals surface area (Å²) in [6.45, 7) is 4.01. The van der Waals surface area contributed by atoms with Crippen molar-refractivity contribution in [3.05, 3.63) is 53.7 Å². The van der Waals surface area contributed by atoms with Crippen LogP contribution in [0.25, 0.3) is 0 Å². The molecule has 0 spiro atoms. The largest absolute Gasteiger partial charge is 0.471 e. The summed E-state index contributed by atoms with van der Waals surface area (Å²) in [4.78, 5) is 18.9. The topological polar surface area (TPSA) is 79.8 Å². The van der Waals surface area contributed by atoms with Gasteiger partial charge < -0.3 is 9.64 Å². The number of carbonyl (C=O) groups excluding carboxylic acids is 1. The molecule has 0 atom stereocenters. The Bertz CT molecular complexity index is 979. The van der Waals surface area contributed by atoms with Crippen molar-refractivity contribution in [2.24, 2.45) is 0 Å². The van der Waals surface area contributed by atoms with Gasteiger partial charge in [-0.2, -0.15) is 4.31 Å². The van der Waals surface area contributed by atoms with E-state index in [9.17, 15) is 13.2 Å². The number of sulfonamides is 1. The first-order chi connectivity index (χ1) is 13.9. The molecule has 29 heavy (non-hydrogen) atoms. The Morgan fingerprint density at radius 2 is 1.72 bits per heavy atom. The molecule has 8 heteroatoms. The predicted molar refractivity (Wildman–Crippen MR) is 108 cm³/mol. The van der Waals surface area contributed by atoms with Crippen molar-refractivity contribution in [1.82, 2.24) is 14.2 Å². The molecule has 0 unspecified atom stereocenters. The molecular weight excluding hydrogens is 390 g/mol. The first kappa shape index (κ1) is 19.8. The van der Waals surface area contributed by atoms with Gasteiger partial charge in [-0.05, 0) is 50.1 Å². The molecule has 0 saturated carbocycles. The molecule has 2 saturated heterocycles. The lowest BCUT2D eigenvalue weighted by molar-refractivity contribution is 0.0159. The SMILES string of the molecule is Cc1cccc(OC2CN(C(=O)c3ccc(S(=O)(=O)N4CCCCC4)cc3)C2)n1. The number of nitrogens with zero attached hydrogens (tertiary/aromatic N) is 3. The van der Waals surface area contributed by atoms with Crippen molar-refractivity contribution in [2.75, 3.05) is 26.2 Å². The van der Waals surface area contributed by atoms with Crippen molar-refractivity contribution in [1.29, 1.82) is 0 Å². The molecule has 2 aromatic rings. The van der Waals surface area contributed by atoms with Crippen molar-refractivity contribution in [3.8, 4) is 5.88 Å². The minimum absolute atomic E-state index is 0.0768. The third-order valence-electron chi connectivity index (χ3n) is 5.34. The molecule has 2 fully saturated rings. The van der Waals surface area contributed by atoms with E-state index in [-0.39, 0.29) is 16.9 Å². The van der Waals surface area contributed by atoms with Gasteiger partial charge >= 0.3 is 0 Å². The molecule has 3 heterocycles. The highest BCUT2D eigenvalue weighted by molar-refractivity contribution is 7.89. The lowest BCUT2D eigenvalue weighted by Crippen LogP contribution is -2.56. The fraction of sp³-hybridized carbons (Fsp3) is 0.429. The van der Waals surface area contributed by atoms with Crippen molar-refractivity contribution in [2.45, 2.75) is 37.2 Å². The summed E-state index contributed by atoms with van der Waals surface area (Å²) >= 11 is 0. The molecule has 2 aliphatic rings. The molecule has 4 rings (SSSR count). The summed E-state index contributed by atoms with van der Waals surface area (Å²) in [7, 11) is -3.48. The number of hydrogen-bond donors (Lipinski definition) is 0. The Labute approximate surface area is 171 Å². The summed E-state index contributed by atoms with van der Waals surface area (Å²) < 4.78 is 32.8. The van der Waals surface area contributed by atoms with E-state index in [1.807, 2.05) is 19.1 Å². The molecule has 2 aliphatic heterocycles. The van der Waals surface area contributed by atoms with Crippen LogP contribution in [0.5, 0.6) is 5.88 Å². The Morgan fingerprint density at radius 1 is 1.03 bits per heavy atom. The van der Waals surface area contributed by atoms with Gasteiger partial charge in [0.25, 0.3) is 5.91 Å². The first-order valence-electron chi connectivity index (χ1n) is 9.93. The minimum atomic E-state index is -3.48. The number of hydrogen-bond acceptors (Lipinski definition) is 5. The van der Waals surface area contributed by atoms with Crippen molar-refractivity contribution in [3.63, 3.8) is 0 Å². The van der Waals surface area contributed by atoms with Crippen LogP contribution in [0.3, 0.4) is 0 Å². The van der Waals surface area contributed by atoms with E-state index in [1.54, 1.807) is 23.1 Å². The van der Waals surface area contributed by atoms with E-state index in [1.165, 1.54) is 16.4 Å². The van der Waals surface area contributed by atoms with Crippen molar-refractivity contribution < 1.29 is 17.9 Å². The van der Waals surface area contributed by atoms with Gasteiger partial charge in [-0.25, -0.2) is 13.4 Å². The highest BCUT2D eigenvalue weighted by Crippen LogP contribution is 2.23. The number of piperidine rings is 1. The summed E-state index contributed by atoms with van der Waals surface area (Å²) in [5, 5.41) is 0. The Kier molecular flexibility index (Phi) is 5.56. The first-order valence-corrected chi connectivity index (χ1v) is 11.4. The molecule has 0 radical (unpaired) electrons. The quantitative estimate of drug-likeness (QED) is 0.750. The van der Waals surface area contributed by atoms with Gasteiger partial charge in [0.05, 0.1) is 18.0 Å². The van der Waals surface area contributed by atoms with E-state index in [0.29, 0.717) is 37.6 Å². The highest BCUT2D eigenvalue weighted by atomic mass is 32.2. The second-order valence-corrected chi connectivity index (χ2v) is 9.49. The number of aryl methyl sites for hydroxylation is 1. The third-order valence-corrected chi connectivity index (χ3v) is 7.25. The van der Waals surface area contributed by atoms with Crippen molar-refractivity contribution >= 4 is 15.9 Å². The molecule has 1 aromatic carbocycles. The van der Waals surface area contributed by atoms with E-state index >= 15 is 0 Å². The van der Waals surface area contributed by atoms with E-state index in [4.69, 9.17) is 4.74 Å². The summed E-state index contributed by atoms with van der Waals surface area (Å²) in [5.74, 6) is 0.443. The fourth-order valence-corrected chi connectivity index (χ4v) is 5.16. The van der Waals surface area contributed by atoms with Gasteiger partial charge in [0.15, 0.2) is 0 Å². The van der Waals surface area contributed by atoms with E-state index < -0.39 is 10.0 Å². The Morgan fingerprint density at radius 3 is 2.38 bits per heavy atom. The molecule has 7 nitrogen and oxygen atoms in total. The maximum atomic E-state index is 12.7. The van der Waals surface area contributed by atoms with Crippen LogP contribution in [-0.4, -0.2) is 60.8 Å². The van der Waals surface area contributed by atoms with Gasteiger partial charge in [-0.1, -0.05) is 12.5 Å². The lowest BCUT2D eigenvalue weighted by Gasteiger charge is -2.38. The number of rotatable bonds is 5. The van der Waals surface area contributed by atoms with E-state index in [2.05, 4.69) is 4.98 Å². The third kappa shape index (κ3) is 4.28. The molecule has 1 amide bonds. The number of likely N-dealkylation sites (tertiary alicyclic amines) is 1. The standard InChI is InChI=1S/C21H25N3O4S/c1-16-6-5-7-20(22-16)28-18-14-23(15-18)21(25)17-8-10-19(11-9-17)29(26,27)24-12-3-2-4-13-24/h5-11,18H,2-4,12-15H2,1H3. The van der Waals surface area contributed by atoms with Gasteiger partial charge in [-0.15, -0.1) is 0 Å². The average molecular weight is 416 g/mol. The summed E-state index contributed by atoms with van der Waals surface area (Å²) in [5.41, 5.74) is 1.36. The number of pyridine rings is 1. The van der Waals surface area contributed by atoms with Crippen LogP contribution in [0.4, 0.5) is 0 Å². The number of amides is 1. The second kappa shape index (κ2) is 8.12. The molecular formula is C21H25N3O4S. The molecule has 0 bridgehead atoms. The number of aromatic nitrogens is 1. The number of ether oxygens (including phenoxy) is 1. The molecule has 0 aliphatic carbocycles. The maximum Gasteiger partial charge on any atom is 0.254 e. The maximum absolute atomic E-state index is 12.7. The molecule has 1 aromatic heterocycles. The van der Waals surface area contributed by atoms with Gasteiger partial charge in [0.1, 0.15) is 6.10 Å². The van der Waals surface area contributed by atoms with Crippen LogP contribution in [0, 0.1) is 6.92 Å². The summed E-state index contributed by atoms with van der Waals surface area (Å²) in [6, 6.07) is 11.8. The Hall–Kier alpha value is -2.45. The van der Waals surface area contributed by atoms with Crippen LogP contribution in [0.1, 0.15) is 35.3 Å². The number of carbonyl (C=O) groups is 1. The fourth-order valence-electron chi connectivity index (χ4n) is 3.64. The zero-order valence-corrected chi connectivity index (χ0v) is 17.3. The van der Waals surface area contributed by atoms with Gasteiger partial charge in [-0.3, -0.25) is 4.79 Å². The van der Waals surface area contributed by atoms with Crippen LogP contribution in [0.15, 0.2) is 47.4 Å². The van der Waals surface area contributed by atoms with Crippen LogP contribution >= 0.6 is 0 Å². The monoisotopic (exact) mass is 415 g/mol. The smallest absolute Gasteiger partial charge is 0.254 e. The predicted octanol–water partition coefficient (Wildman–Crippen LogP) is 2.47. The second-order valence-electron chi connectivity index (χ2n) is 7.56.